The molecule has 0 spiro atoms. The lowest BCUT2D eigenvalue weighted by atomic mass is 10.4. The van der Waals surface area contributed by atoms with E-state index in [1.54, 1.807) is 6.21 Å². The molecule has 0 aliphatic carbocycles. The molecule has 7 heavy (non-hydrogen) atoms. The van der Waals surface area contributed by atoms with Gasteiger partial charge in [-0.25, -0.2) is 4.99 Å². The summed E-state index contributed by atoms with van der Waals surface area (Å²) in [6.07, 6.45) is 2.65. The Bertz CT molecular complexity index is 81.8. The molecule has 0 radical (unpaired) electrons. The van der Waals surface area contributed by atoms with Gasteiger partial charge >= 0.3 is 0 Å². The second-order valence-corrected chi connectivity index (χ2v) is 1.60. The molecule has 3 nitrogen and oxygen atoms in total. The molecular weight excluding hydrogens is 92.1 g/mol. The van der Waals surface area contributed by atoms with Crippen molar-refractivity contribution in [2.45, 2.75) is 6.42 Å². The first-order valence-electron chi connectivity index (χ1n) is 2.39. The van der Waals surface area contributed by atoms with Gasteiger partial charge in [0.1, 0.15) is 0 Å². The lowest BCUT2D eigenvalue weighted by Crippen LogP contribution is -3.07. The van der Waals surface area contributed by atoms with E-state index in [9.17, 15) is 5.21 Å². The van der Waals surface area contributed by atoms with E-state index >= 15 is 0 Å². The Balaban J connectivity index is 2.32. The van der Waals surface area contributed by atoms with Crippen LogP contribution in [-0.4, -0.2) is 19.4 Å². The summed E-state index contributed by atoms with van der Waals surface area (Å²) in [5, 5.41) is 10.6. The van der Waals surface area contributed by atoms with Crippen LogP contribution in [0.25, 0.3) is 0 Å². The van der Waals surface area contributed by atoms with Gasteiger partial charge in [0.05, 0.1) is 6.54 Å². The molecule has 0 aromatic heterocycles. The van der Waals surface area contributed by atoms with Crippen molar-refractivity contribution in [2.24, 2.45) is 4.99 Å². The third-order valence-electron chi connectivity index (χ3n) is 0.949. The van der Waals surface area contributed by atoms with Crippen LogP contribution >= 0.6 is 0 Å². The lowest BCUT2D eigenvalue weighted by Gasteiger charge is -2.21. The van der Waals surface area contributed by atoms with Gasteiger partial charge in [0.15, 0.2) is 6.67 Å². The Morgan fingerprint density at radius 1 is 1.71 bits per heavy atom. The van der Waals surface area contributed by atoms with E-state index in [2.05, 4.69) is 4.99 Å². The Morgan fingerprint density at radius 3 is 2.86 bits per heavy atom. The van der Waals surface area contributed by atoms with Gasteiger partial charge in [-0.1, -0.05) is 0 Å². The predicted molar refractivity (Wildman–Crippen MR) is 27.2 cm³/mol. The molecule has 1 heterocycles. The molecule has 1 atom stereocenters. The number of hydrogen-bond acceptors (Lipinski definition) is 2. The van der Waals surface area contributed by atoms with Gasteiger partial charge in [0.25, 0.3) is 0 Å². The number of nitrogens with one attached hydrogen (secondary N) is 1. The number of hydroxylamine groups is 2. The fourth-order valence-electron chi connectivity index (χ4n) is 0.562. The minimum Gasteiger partial charge on any atom is -0.633 e. The fraction of sp³-hybridized carbons (Fsp3) is 0.750. The van der Waals surface area contributed by atoms with Crippen LogP contribution in [0.15, 0.2) is 4.99 Å². The summed E-state index contributed by atoms with van der Waals surface area (Å²) in [6, 6.07) is 0. The maximum Gasteiger partial charge on any atom is 0.170 e. The largest absolute Gasteiger partial charge is 0.633 e. The fourth-order valence-corrected chi connectivity index (χ4v) is 0.562. The zero-order valence-corrected chi connectivity index (χ0v) is 4.05. The van der Waals surface area contributed by atoms with Crippen molar-refractivity contribution in [3.05, 3.63) is 5.21 Å². The minimum absolute atomic E-state index is 0.266. The van der Waals surface area contributed by atoms with Crippen LogP contribution in [0.3, 0.4) is 0 Å². The monoisotopic (exact) mass is 100 g/mol. The van der Waals surface area contributed by atoms with E-state index in [1.807, 2.05) is 0 Å². The number of hydrogen-bond donors (Lipinski definition) is 1. The summed E-state index contributed by atoms with van der Waals surface area (Å²) in [4.78, 5) is 3.78. The summed E-state index contributed by atoms with van der Waals surface area (Å²) >= 11 is 0. The highest BCUT2D eigenvalue weighted by atomic mass is 16.5. The van der Waals surface area contributed by atoms with E-state index in [-0.39, 0.29) is 5.06 Å². The molecular formula is C4H8N2O. The SMILES string of the molecule is [O-][NH+]1CCC=NC1. The van der Waals surface area contributed by atoms with Gasteiger partial charge < -0.3 is 10.3 Å². The van der Waals surface area contributed by atoms with Crippen LogP contribution in [0.4, 0.5) is 0 Å². The van der Waals surface area contributed by atoms with Gasteiger partial charge in [0.2, 0.25) is 0 Å². The van der Waals surface area contributed by atoms with Gasteiger partial charge in [-0.15, -0.1) is 0 Å². The van der Waals surface area contributed by atoms with Gasteiger partial charge in [-0.05, 0) is 0 Å². The van der Waals surface area contributed by atoms with E-state index in [0.29, 0.717) is 13.2 Å². The summed E-state index contributed by atoms with van der Waals surface area (Å²) < 4.78 is 0. The molecule has 0 aromatic carbocycles. The second-order valence-electron chi connectivity index (χ2n) is 1.60. The number of quaternary nitrogens is 1. The topological polar surface area (TPSA) is 39.9 Å². The smallest absolute Gasteiger partial charge is 0.170 e. The first kappa shape index (κ1) is 4.74. The zero-order chi connectivity index (χ0) is 5.11. The van der Waals surface area contributed by atoms with Gasteiger partial charge in [0, 0.05) is 12.6 Å². The van der Waals surface area contributed by atoms with E-state index < -0.39 is 0 Å². The Morgan fingerprint density at radius 2 is 2.57 bits per heavy atom. The predicted octanol–water partition coefficient (Wildman–Crippen LogP) is -1.20. The standard InChI is InChI=1S/C4H8N2O/c7-6-3-1-2-5-4-6/h2,6H,1,3-4H2. The molecule has 40 valence electrons. The van der Waals surface area contributed by atoms with Gasteiger partial charge in [-0.3, -0.25) is 0 Å². The Kier molecular flexibility index (Phi) is 1.38. The molecule has 1 aliphatic heterocycles. The van der Waals surface area contributed by atoms with E-state index in [1.165, 1.54) is 0 Å². The van der Waals surface area contributed by atoms with Crippen LogP contribution in [0.2, 0.25) is 0 Å². The quantitative estimate of drug-likeness (QED) is 0.382. The van der Waals surface area contributed by atoms with E-state index in [4.69, 9.17) is 0 Å². The molecule has 0 fully saturated rings. The summed E-state index contributed by atoms with van der Waals surface area (Å²) in [5.41, 5.74) is 0. The zero-order valence-electron chi connectivity index (χ0n) is 4.05. The second kappa shape index (κ2) is 2.04. The van der Waals surface area contributed by atoms with Crippen molar-refractivity contribution in [3.63, 3.8) is 0 Å². The average Bonchev–Trinajstić information content (AvgIpc) is 1.69. The van der Waals surface area contributed by atoms with Crippen LogP contribution < -0.4 is 5.06 Å². The molecule has 1 aliphatic rings. The maximum atomic E-state index is 10.3. The molecule has 0 aromatic rings. The average molecular weight is 100 g/mol. The van der Waals surface area contributed by atoms with Crippen molar-refractivity contribution >= 4 is 6.21 Å². The highest BCUT2D eigenvalue weighted by molar-refractivity contribution is 5.57. The summed E-state index contributed by atoms with van der Waals surface area (Å²) in [7, 11) is 0. The normalized spacial score (nSPS) is 30.7. The molecule has 0 amide bonds. The molecule has 1 rings (SSSR count). The van der Waals surface area contributed by atoms with Crippen LogP contribution in [0, 0.1) is 5.21 Å². The van der Waals surface area contributed by atoms with Crippen molar-refractivity contribution < 1.29 is 5.06 Å². The van der Waals surface area contributed by atoms with Crippen molar-refractivity contribution in [3.8, 4) is 0 Å². The molecule has 1 N–H and O–H groups in total. The Labute approximate surface area is 42.2 Å². The molecule has 3 heteroatoms. The third kappa shape index (κ3) is 1.25. The molecule has 0 saturated carbocycles. The van der Waals surface area contributed by atoms with Crippen molar-refractivity contribution in [1.82, 2.24) is 0 Å². The number of rotatable bonds is 0. The third-order valence-corrected chi connectivity index (χ3v) is 0.949. The van der Waals surface area contributed by atoms with Crippen molar-refractivity contribution in [1.29, 1.82) is 0 Å². The molecule has 0 saturated heterocycles. The lowest BCUT2D eigenvalue weighted by molar-refractivity contribution is -0.847. The Hall–Kier alpha value is -0.410. The number of nitrogens with zero attached hydrogens (tertiary/aromatic N) is 1. The summed E-state index contributed by atoms with van der Waals surface area (Å²) in [5.74, 6) is 0. The minimum atomic E-state index is 0.266. The highest BCUT2D eigenvalue weighted by Gasteiger charge is 1.96. The maximum absolute atomic E-state index is 10.3. The molecule has 1 unspecified atom stereocenters. The highest BCUT2D eigenvalue weighted by Crippen LogP contribution is 1.71. The van der Waals surface area contributed by atoms with Crippen LogP contribution in [0.1, 0.15) is 6.42 Å². The molecule has 0 bridgehead atoms. The van der Waals surface area contributed by atoms with Crippen LogP contribution in [-0.2, 0) is 0 Å². The van der Waals surface area contributed by atoms with E-state index in [0.717, 1.165) is 6.42 Å². The van der Waals surface area contributed by atoms with Crippen LogP contribution in [0.5, 0.6) is 0 Å². The first-order chi connectivity index (χ1) is 3.39. The summed E-state index contributed by atoms with van der Waals surface area (Å²) in [6.45, 7) is 1.11. The first-order valence-corrected chi connectivity index (χ1v) is 2.39. The number of aliphatic imine (C=N–C) groups is 1. The van der Waals surface area contributed by atoms with Crippen molar-refractivity contribution in [2.75, 3.05) is 13.2 Å². The van der Waals surface area contributed by atoms with Gasteiger partial charge in [-0.2, -0.15) is 0 Å².